The fourth-order valence-corrected chi connectivity index (χ4v) is 2.90. The third-order valence-electron chi connectivity index (χ3n) is 3.77. The van der Waals surface area contributed by atoms with Crippen molar-refractivity contribution in [2.24, 2.45) is 0 Å². The Balaban J connectivity index is 1.77. The van der Waals surface area contributed by atoms with Gasteiger partial charge in [0.1, 0.15) is 11.4 Å². The number of fused-ring (bicyclic) bond motifs is 1. The number of imidazole rings is 1. The number of hydrogen-bond donors (Lipinski definition) is 1. The highest BCUT2D eigenvalue weighted by Crippen LogP contribution is 2.26. The Labute approximate surface area is 139 Å². The van der Waals surface area contributed by atoms with Crippen LogP contribution < -0.4 is 5.32 Å². The molecule has 2 aromatic rings. The van der Waals surface area contributed by atoms with Crippen LogP contribution in [0.2, 0.25) is 0 Å². The van der Waals surface area contributed by atoms with E-state index in [9.17, 15) is 13.6 Å². The third-order valence-corrected chi connectivity index (χ3v) is 4.39. The summed E-state index contributed by atoms with van der Waals surface area (Å²) in [6.07, 6.45) is 0.612. The molecule has 2 aromatic heterocycles. The van der Waals surface area contributed by atoms with Crippen molar-refractivity contribution < 1.29 is 18.3 Å². The van der Waals surface area contributed by atoms with Crippen molar-refractivity contribution in [3.05, 3.63) is 29.0 Å². The minimum absolute atomic E-state index is 0.0763. The second-order valence-corrected chi connectivity index (χ2v) is 6.36. The maximum Gasteiger partial charge on any atom is 0.323 e. The highest BCUT2D eigenvalue weighted by molar-refractivity contribution is 9.10. The molecule has 0 saturated carbocycles. The number of alkyl halides is 2. The Morgan fingerprint density at radius 1 is 1.57 bits per heavy atom. The van der Waals surface area contributed by atoms with Crippen LogP contribution in [0.25, 0.3) is 5.65 Å². The number of rotatable bonds is 2. The Hall–Kier alpha value is -1.74. The number of ether oxygens (including phenoxy) is 1. The van der Waals surface area contributed by atoms with Gasteiger partial charge in [0, 0.05) is 12.7 Å². The molecule has 3 rings (SSSR count). The van der Waals surface area contributed by atoms with E-state index in [0.29, 0.717) is 11.5 Å². The first-order valence-corrected chi connectivity index (χ1v) is 7.79. The lowest BCUT2D eigenvalue weighted by Crippen LogP contribution is -2.56. The molecule has 6 nitrogen and oxygen atoms in total. The maximum atomic E-state index is 13.1. The van der Waals surface area contributed by atoms with Gasteiger partial charge in [-0.3, -0.25) is 9.72 Å². The van der Waals surface area contributed by atoms with Crippen LogP contribution in [-0.2, 0) is 4.74 Å². The van der Waals surface area contributed by atoms with Gasteiger partial charge in [-0.25, -0.2) is 18.6 Å². The number of morpholine rings is 1. The van der Waals surface area contributed by atoms with Crippen LogP contribution in [0.1, 0.15) is 6.92 Å². The predicted octanol–water partition coefficient (Wildman–Crippen LogP) is 2.98. The molecule has 23 heavy (non-hydrogen) atoms. The summed E-state index contributed by atoms with van der Waals surface area (Å²) in [6.45, 7) is 1.47. The van der Waals surface area contributed by atoms with E-state index in [1.807, 2.05) is 6.07 Å². The van der Waals surface area contributed by atoms with Gasteiger partial charge in [0.2, 0.25) is 0 Å². The highest BCUT2D eigenvalue weighted by atomic mass is 79.9. The number of amides is 2. The summed E-state index contributed by atoms with van der Waals surface area (Å²) in [5.74, 6) is 0.469. The first-order valence-electron chi connectivity index (χ1n) is 7.00. The van der Waals surface area contributed by atoms with Gasteiger partial charge >= 0.3 is 6.03 Å². The number of nitrogens with one attached hydrogen (secondary N) is 1. The molecule has 1 unspecified atom stereocenters. The maximum absolute atomic E-state index is 13.1. The molecule has 0 spiro atoms. The average Bonchev–Trinajstić information content (AvgIpc) is 2.92. The van der Waals surface area contributed by atoms with E-state index in [2.05, 4.69) is 26.2 Å². The van der Waals surface area contributed by atoms with Crippen LogP contribution in [0.15, 0.2) is 29.0 Å². The number of carbonyl (C=O) groups is 1. The summed E-state index contributed by atoms with van der Waals surface area (Å²) in [4.78, 5) is 17.9. The lowest BCUT2D eigenvalue weighted by atomic mass is 10.1. The van der Waals surface area contributed by atoms with E-state index in [1.165, 1.54) is 18.0 Å². The molecule has 1 fully saturated rings. The Morgan fingerprint density at radius 3 is 3.09 bits per heavy atom. The lowest BCUT2D eigenvalue weighted by molar-refractivity contribution is -0.161. The second kappa shape index (κ2) is 6.04. The normalized spacial score (nSPS) is 21.9. The van der Waals surface area contributed by atoms with Crippen LogP contribution in [0.3, 0.4) is 0 Å². The number of nitrogens with zero attached hydrogens (tertiary/aromatic N) is 3. The van der Waals surface area contributed by atoms with Gasteiger partial charge in [-0.2, -0.15) is 0 Å². The van der Waals surface area contributed by atoms with Gasteiger partial charge in [-0.15, -0.1) is 0 Å². The number of aromatic nitrogens is 2. The van der Waals surface area contributed by atoms with Gasteiger partial charge in [0.15, 0.2) is 5.65 Å². The van der Waals surface area contributed by atoms with Gasteiger partial charge in [-0.1, -0.05) is 0 Å². The summed E-state index contributed by atoms with van der Waals surface area (Å²) in [5, 5.41) is 2.70. The quantitative estimate of drug-likeness (QED) is 0.860. The van der Waals surface area contributed by atoms with Crippen molar-refractivity contribution in [1.82, 2.24) is 14.3 Å². The minimum atomic E-state index is -2.66. The van der Waals surface area contributed by atoms with Gasteiger partial charge in [0.25, 0.3) is 6.43 Å². The average molecular weight is 389 g/mol. The largest absolute Gasteiger partial charge is 0.366 e. The van der Waals surface area contributed by atoms with Crippen LogP contribution in [0.5, 0.6) is 0 Å². The van der Waals surface area contributed by atoms with Crippen LogP contribution in [-0.4, -0.2) is 52.0 Å². The Bertz CT molecular complexity index is 739. The zero-order chi connectivity index (χ0) is 16.6. The van der Waals surface area contributed by atoms with Crippen LogP contribution in [0, 0.1) is 0 Å². The first-order chi connectivity index (χ1) is 10.9. The van der Waals surface area contributed by atoms with Crippen molar-refractivity contribution >= 4 is 33.4 Å². The van der Waals surface area contributed by atoms with E-state index in [1.54, 1.807) is 16.7 Å². The molecule has 124 valence electrons. The molecule has 0 aliphatic carbocycles. The highest BCUT2D eigenvalue weighted by Gasteiger charge is 2.42. The number of urea groups is 1. The second-order valence-electron chi connectivity index (χ2n) is 5.51. The fraction of sp³-hybridized carbons (Fsp3) is 0.429. The number of anilines is 1. The summed E-state index contributed by atoms with van der Waals surface area (Å²) in [5.41, 5.74) is -0.986. The summed E-state index contributed by atoms with van der Waals surface area (Å²) in [6, 6.07) is 3.18. The van der Waals surface area contributed by atoms with Crippen LogP contribution in [0.4, 0.5) is 19.4 Å². The van der Waals surface area contributed by atoms with Gasteiger partial charge < -0.3 is 9.64 Å². The molecule has 1 aliphatic heterocycles. The summed E-state index contributed by atoms with van der Waals surface area (Å²) >= 11 is 3.38. The Kier molecular flexibility index (Phi) is 4.24. The number of pyridine rings is 1. The molecule has 0 bridgehead atoms. The molecule has 1 atom stereocenters. The summed E-state index contributed by atoms with van der Waals surface area (Å²) in [7, 11) is 0. The van der Waals surface area contributed by atoms with Crippen molar-refractivity contribution in [2.45, 2.75) is 19.0 Å². The lowest BCUT2D eigenvalue weighted by Gasteiger charge is -2.39. The monoisotopic (exact) mass is 388 g/mol. The third kappa shape index (κ3) is 3.02. The first kappa shape index (κ1) is 16.1. The molecule has 0 aromatic carbocycles. The van der Waals surface area contributed by atoms with E-state index in [0.717, 1.165) is 4.47 Å². The van der Waals surface area contributed by atoms with Gasteiger partial charge in [0.05, 0.1) is 23.8 Å². The zero-order valence-electron chi connectivity index (χ0n) is 12.3. The van der Waals surface area contributed by atoms with Crippen molar-refractivity contribution in [2.75, 3.05) is 25.0 Å². The summed E-state index contributed by atoms with van der Waals surface area (Å²) < 4.78 is 33.8. The minimum Gasteiger partial charge on any atom is -0.366 e. The molecule has 0 radical (unpaired) electrons. The van der Waals surface area contributed by atoms with E-state index in [4.69, 9.17) is 4.74 Å². The smallest absolute Gasteiger partial charge is 0.323 e. The zero-order valence-corrected chi connectivity index (χ0v) is 13.9. The van der Waals surface area contributed by atoms with Crippen LogP contribution >= 0.6 is 15.9 Å². The van der Waals surface area contributed by atoms with Crippen molar-refractivity contribution in [1.29, 1.82) is 0 Å². The number of hydrogen-bond acceptors (Lipinski definition) is 3. The van der Waals surface area contributed by atoms with E-state index >= 15 is 0 Å². The standard InChI is InChI=1S/C14H15BrF2N4O2/c1-14(12(16)17)8-20(5-6-23-14)13(22)19-10-7-18-11-9(15)3-2-4-21(10)11/h2-4,7,12H,5-6,8H2,1H3,(H,19,22). The molecule has 3 heterocycles. The topological polar surface area (TPSA) is 58.9 Å². The molecule has 1 saturated heterocycles. The van der Waals surface area contributed by atoms with Crippen molar-refractivity contribution in [3.63, 3.8) is 0 Å². The molecular weight excluding hydrogens is 374 g/mol. The number of carbonyl (C=O) groups excluding carboxylic acids is 1. The SMILES string of the molecule is CC1(C(F)F)CN(C(=O)Nc2cnc3c(Br)cccn23)CCO1. The number of halogens is 3. The van der Waals surface area contributed by atoms with Gasteiger partial charge in [-0.05, 0) is 35.0 Å². The molecule has 9 heteroatoms. The van der Waals surface area contributed by atoms with E-state index < -0.39 is 18.1 Å². The van der Waals surface area contributed by atoms with E-state index in [-0.39, 0.29) is 19.7 Å². The Morgan fingerprint density at radius 2 is 2.35 bits per heavy atom. The predicted molar refractivity (Wildman–Crippen MR) is 83.8 cm³/mol. The fourth-order valence-electron chi connectivity index (χ4n) is 2.46. The van der Waals surface area contributed by atoms with Crippen molar-refractivity contribution in [3.8, 4) is 0 Å². The molecule has 2 amide bonds. The molecular formula is C14H15BrF2N4O2. The molecule has 1 N–H and O–H groups in total. The molecule has 1 aliphatic rings.